The standard InChI is InChI=1S/C52H37N5/c1-52(2)44-27-13-12-26-42(44)43-32-41(28-29-45(43)52)51-56-49(36-20-10-5-11-21-36)55-50(57-51)40-25-15-23-38(31-40)37-22-14-24-39(30-37)47-33-46(34-16-6-3-7-17-34)53-48(54-47)35-18-8-4-9-19-35/h3-33H,1-2H3. The smallest absolute Gasteiger partial charge is 0.164 e. The highest BCUT2D eigenvalue weighted by atomic mass is 15.0. The van der Waals surface area contributed by atoms with Gasteiger partial charge < -0.3 is 0 Å². The zero-order valence-electron chi connectivity index (χ0n) is 31.6. The molecule has 10 rings (SSSR count). The maximum absolute atomic E-state index is 5.15. The van der Waals surface area contributed by atoms with Gasteiger partial charge in [-0.3, -0.25) is 0 Å². The molecule has 0 saturated heterocycles. The molecule has 0 spiro atoms. The second-order valence-electron chi connectivity index (χ2n) is 15.0. The summed E-state index contributed by atoms with van der Waals surface area (Å²) in [5, 5.41) is 0. The third kappa shape index (κ3) is 6.39. The third-order valence-corrected chi connectivity index (χ3v) is 10.9. The Labute approximate surface area is 332 Å². The van der Waals surface area contributed by atoms with Gasteiger partial charge in [-0.1, -0.05) is 178 Å². The van der Waals surface area contributed by atoms with Gasteiger partial charge in [-0.2, -0.15) is 0 Å². The highest BCUT2D eigenvalue weighted by Gasteiger charge is 2.35. The summed E-state index contributed by atoms with van der Waals surface area (Å²) in [5.74, 6) is 2.59. The molecule has 270 valence electrons. The number of rotatable bonds is 7. The van der Waals surface area contributed by atoms with Crippen LogP contribution in [0.4, 0.5) is 0 Å². The number of nitrogens with zero attached hydrogens (tertiary/aromatic N) is 5. The minimum atomic E-state index is -0.0799. The first-order chi connectivity index (χ1) is 28.0. The van der Waals surface area contributed by atoms with Crippen LogP contribution in [0.3, 0.4) is 0 Å². The summed E-state index contributed by atoms with van der Waals surface area (Å²) < 4.78 is 0. The van der Waals surface area contributed by atoms with Crippen LogP contribution in [0.25, 0.3) is 90.3 Å². The molecule has 0 aliphatic heterocycles. The van der Waals surface area contributed by atoms with E-state index in [-0.39, 0.29) is 5.41 Å². The van der Waals surface area contributed by atoms with Crippen molar-refractivity contribution < 1.29 is 0 Å². The molecule has 7 aromatic carbocycles. The number of aromatic nitrogens is 5. The average Bonchev–Trinajstić information content (AvgIpc) is 3.52. The molecule has 0 atom stereocenters. The highest BCUT2D eigenvalue weighted by molar-refractivity contribution is 5.84. The van der Waals surface area contributed by atoms with E-state index in [0.29, 0.717) is 23.3 Å². The fraction of sp³-hybridized carbons (Fsp3) is 0.0577. The molecule has 57 heavy (non-hydrogen) atoms. The molecule has 1 aliphatic rings. The van der Waals surface area contributed by atoms with Gasteiger partial charge in [0.15, 0.2) is 23.3 Å². The maximum Gasteiger partial charge on any atom is 0.164 e. The summed E-state index contributed by atoms with van der Waals surface area (Å²) in [6.07, 6.45) is 0. The third-order valence-electron chi connectivity index (χ3n) is 10.9. The van der Waals surface area contributed by atoms with Crippen molar-refractivity contribution >= 4 is 0 Å². The predicted molar refractivity (Wildman–Crippen MR) is 231 cm³/mol. The molecule has 0 saturated carbocycles. The van der Waals surface area contributed by atoms with Crippen molar-refractivity contribution in [2.24, 2.45) is 0 Å². The molecule has 5 heteroatoms. The number of hydrogen-bond donors (Lipinski definition) is 0. The van der Waals surface area contributed by atoms with Crippen LogP contribution < -0.4 is 0 Å². The van der Waals surface area contributed by atoms with E-state index >= 15 is 0 Å². The topological polar surface area (TPSA) is 64.5 Å². The lowest BCUT2D eigenvalue weighted by molar-refractivity contribution is 0.660. The molecule has 0 radical (unpaired) electrons. The van der Waals surface area contributed by atoms with Crippen molar-refractivity contribution in [3.8, 4) is 90.3 Å². The Morgan fingerprint density at radius 3 is 1.33 bits per heavy atom. The summed E-state index contributed by atoms with van der Waals surface area (Å²) in [4.78, 5) is 25.4. The van der Waals surface area contributed by atoms with Crippen LogP contribution in [0.15, 0.2) is 188 Å². The summed E-state index contributed by atoms with van der Waals surface area (Å²) in [5.41, 5.74) is 14.7. The molecule has 0 amide bonds. The first kappa shape index (κ1) is 34.1. The largest absolute Gasteiger partial charge is 0.228 e. The monoisotopic (exact) mass is 731 g/mol. The Balaban J connectivity index is 1.06. The fourth-order valence-corrected chi connectivity index (χ4v) is 7.97. The maximum atomic E-state index is 5.15. The minimum Gasteiger partial charge on any atom is -0.228 e. The van der Waals surface area contributed by atoms with Crippen molar-refractivity contribution in [1.29, 1.82) is 0 Å². The lowest BCUT2D eigenvalue weighted by Gasteiger charge is -2.21. The van der Waals surface area contributed by atoms with Gasteiger partial charge in [0.25, 0.3) is 0 Å². The van der Waals surface area contributed by atoms with E-state index in [1.807, 2.05) is 66.7 Å². The number of hydrogen-bond acceptors (Lipinski definition) is 5. The molecular formula is C52H37N5. The van der Waals surface area contributed by atoms with Gasteiger partial charge in [0.05, 0.1) is 11.4 Å². The van der Waals surface area contributed by atoms with Gasteiger partial charge in [0.2, 0.25) is 0 Å². The van der Waals surface area contributed by atoms with E-state index in [2.05, 4.69) is 135 Å². The van der Waals surface area contributed by atoms with Crippen LogP contribution in [0.5, 0.6) is 0 Å². The van der Waals surface area contributed by atoms with Crippen LogP contribution in [0, 0.1) is 0 Å². The van der Waals surface area contributed by atoms with Gasteiger partial charge in [-0.25, -0.2) is 24.9 Å². The Morgan fingerprint density at radius 1 is 0.281 bits per heavy atom. The van der Waals surface area contributed by atoms with Crippen molar-refractivity contribution in [2.45, 2.75) is 19.3 Å². The molecule has 0 N–H and O–H groups in total. The summed E-state index contributed by atoms with van der Waals surface area (Å²) in [6, 6.07) is 65.0. The Morgan fingerprint density at radius 2 is 0.702 bits per heavy atom. The van der Waals surface area contributed by atoms with Crippen LogP contribution in [0.2, 0.25) is 0 Å². The van der Waals surface area contributed by atoms with E-state index < -0.39 is 0 Å². The summed E-state index contributed by atoms with van der Waals surface area (Å²) in [6.45, 7) is 4.60. The molecule has 0 unspecified atom stereocenters. The minimum absolute atomic E-state index is 0.0799. The van der Waals surface area contributed by atoms with Gasteiger partial charge in [0, 0.05) is 38.8 Å². The van der Waals surface area contributed by atoms with E-state index in [1.165, 1.54) is 22.3 Å². The van der Waals surface area contributed by atoms with Gasteiger partial charge in [0.1, 0.15) is 0 Å². The SMILES string of the molecule is CC1(C)c2ccccc2-c2cc(-c3nc(-c4ccccc4)nc(-c4cccc(-c5cccc(-c6cc(-c7ccccc7)nc(-c7ccccc7)n6)c5)c4)n3)ccc21. The molecule has 1 aliphatic carbocycles. The van der Waals surface area contributed by atoms with Crippen LogP contribution >= 0.6 is 0 Å². The zero-order chi connectivity index (χ0) is 38.3. The van der Waals surface area contributed by atoms with Crippen molar-refractivity contribution in [3.05, 3.63) is 199 Å². The first-order valence-corrected chi connectivity index (χ1v) is 19.3. The van der Waals surface area contributed by atoms with Crippen LogP contribution in [-0.2, 0) is 5.41 Å². The lowest BCUT2D eigenvalue weighted by atomic mass is 9.82. The number of benzene rings is 7. The van der Waals surface area contributed by atoms with E-state index in [1.54, 1.807) is 0 Å². The summed E-state index contributed by atoms with van der Waals surface area (Å²) >= 11 is 0. The molecule has 2 aromatic heterocycles. The normalized spacial score (nSPS) is 12.5. The molecular weight excluding hydrogens is 695 g/mol. The fourth-order valence-electron chi connectivity index (χ4n) is 7.97. The Kier molecular flexibility index (Phi) is 8.41. The molecule has 5 nitrogen and oxygen atoms in total. The number of fused-ring (bicyclic) bond motifs is 3. The lowest BCUT2D eigenvalue weighted by Crippen LogP contribution is -2.14. The quantitative estimate of drug-likeness (QED) is 0.163. The average molecular weight is 732 g/mol. The molecule has 0 bridgehead atoms. The zero-order valence-corrected chi connectivity index (χ0v) is 31.6. The van der Waals surface area contributed by atoms with Crippen LogP contribution in [-0.4, -0.2) is 24.9 Å². The van der Waals surface area contributed by atoms with Crippen molar-refractivity contribution in [3.63, 3.8) is 0 Å². The Hall–Kier alpha value is -7.37. The van der Waals surface area contributed by atoms with E-state index in [9.17, 15) is 0 Å². The van der Waals surface area contributed by atoms with Crippen molar-refractivity contribution in [2.75, 3.05) is 0 Å². The van der Waals surface area contributed by atoms with Gasteiger partial charge in [-0.15, -0.1) is 0 Å². The highest BCUT2D eigenvalue weighted by Crippen LogP contribution is 2.49. The van der Waals surface area contributed by atoms with E-state index in [4.69, 9.17) is 24.9 Å². The van der Waals surface area contributed by atoms with Gasteiger partial charge in [-0.05, 0) is 57.6 Å². The molecule has 2 heterocycles. The van der Waals surface area contributed by atoms with Crippen molar-refractivity contribution in [1.82, 2.24) is 24.9 Å². The van der Waals surface area contributed by atoms with Crippen LogP contribution in [0.1, 0.15) is 25.0 Å². The second-order valence-corrected chi connectivity index (χ2v) is 15.0. The second kappa shape index (κ2) is 14.0. The molecule has 9 aromatic rings. The predicted octanol–water partition coefficient (Wildman–Crippen LogP) is 12.6. The summed E-state index contributed by atoms with van der Waals surface area (Å²) in [7, 11) is 0. The first-order valence-electron chi connectivity index (χ1n) is 19.3. The molecule has 0 fully saturated rings. The van der Waals surface area contributed by atoms with Gasteiger partial charge >= 0.3 is 0 Å². The van der Waals surface area contributed by atoms with E-state index in [0.717, 1.165) is 55.9 Å². The Bertz CT molecular complexity index is 2860.